The molecule has 0 saturated heterocycles. The first-order valence-corrected chi connectivity index (χ1v) is 8.95. The molecule has 0 unspecified atom stereocenters. The Morgan fingerprint density at radius 1 is 1.32 bits per heavy atom. The Morgan fingerprint density at radius 3 is 2.77 bits per heavy atom. The highest BCUT2D eigenvalue weighted by atomic mass is 35.5. The molecular formula is C16H22ClNO3S. The number of thioether (sulfide) groups is 1. The summed E-state index contributed by atoms with van der Waals surface area (Å²) in [4.78, 5) is 11.8. The highest BCUT2D eigenvalue weighted by Crippen LogP contribution is 2.39. The van der Waals surface area contributed by atoms with Gasteiger partial charge in [-0.2, -0.15) is 0 Å². The summed E-state index contributed by atoms with van der Waals surface area (Å²) >= 11 is 7.76. The van der Waals surface area contributed by atoms with Crippen LogP contribution in [-0.4, -0.2) is 30.9 Å². The average molecular weight is 344 g/mol. The third kappa shape index (κ3) is 4.71. The molecule has 0 aliphatic carbocycles. The van der Waals surface area contributed by atoms with Crippen molar-refractivity contribution in [3.8, 4) is 11.5 Å². The molecule has 0 bridgehead atoms. The van der Waals surface area contributed by atoms with Crippen LogP contribution in [0.5, 0.6) is 11.5 Å². The van der Waals surface area contributed by atoms with E-state index in [1.807, 2.05) is 19.1 Å². The Kier molecular flexibility index (Phi) is 6.26. The van der Waals surface area contributed by atoms with Crippen molar-refractivity contribution < 1.29 is 14.3 Å². The van der Waals surface area contributed by atoms with Crippen LogP contribution in [0.2, 0.25) is 5.02 Å². The van der Waals surface area contributed by atoms with Crippen LogP contribution in [0.15, 0.2) is 12.1 Å². The quantitative estimate of drug-likeness (QED) is 0.858. The summed E-state index contributed by atoms with van der Waals surface area (Å²) in [5, 5.41) is 3.56. The van der Waals surface area contributed by atoms with E-state index in [0.29, 0.717) is 47.2 Å². The third-order valence-electron chi connectivity index (χ3n) is 3.55. The zero-order chi connectivity index (χ0) is 16.1. The van der Waals surface area contributed by atoms with Gasteiger partial charge in [0, 0.05) is 11.8 Å². The Hall–Kier alpha value is -1.07. The molecule has 4 nitrogen and oxygen atoms in total. The number of carbonyl (C=O) groups excluding carboxylic acids is 1. The van der Waals surface area contributed by atoms with Crippen LogP contribution >= 0.6 is 23.4 Å². The van der Waals surface area contributed by atoms with Gasteiger partial charge in [0.15, 0.2) is 11.5 Å². The minimum absolute atomic E-state index is 0.0647. The van der Waals surface area contributed by atoms with Gasteiger partial charge in [-0.1, -0.05) is 25.4 Å². The molecule has 6 heteroatoms. The van der Waals surface area contributed by atoms with Crippen molar-refractivity contribution in [2.75, 3.05) is 19.0 Å². The van der Waals surface area contributed by atoms with E-state index < -0.39 is 0 Å². The lowest BCUT2D eigenvalue weighted by molar-refractivity contribution is -0.119. The van der Waals surface area contributed by atoms with Gasteiger partial charge < -0.3 is 14.8 Å². The predicted molar refractivity (Wildman–Crippen MR) is 91.0 cm³/mol. The number of rotatable bonds is 6. The molecule has 1 heterocycles. The van der Waals surface area contributed by atoms with Gasteiger partial charge in [-0.3, -0.25) is 4.79 Å². The zero-order valence-electron chi connectivity index (χ0n) is 13.1. The van der Waals surface area contributed by atoms with Crippen LogP contribution in [0.1, 0.15) is 26.3 Å². The van der Waals surface area contributed by atoms with Crippen molar-refractivity contribution in [3.63, 3.8) is 0 Å². The number of carbonyl (C=O) groups is 1. The maximum atomic E-state index is 11.8. The summed E-state index contributed by atoms with van der Waals surface area (Å²) in [7, 11) is 0. The number of hydrogen-bond acceptors (Lipinski definition) is 4. The summed E-state index contributed by atoms with van der Waals surface area (Å²) in [5.74, 6) is 2.95. The van der Waals surface area contributed by atoms with E-state index in [2.05, 4.69) is 19.2 Å². The zero-order valence-corrected chi connectivity index (χ0v) is 14.7. The van der Waals surface area contributed by atoms with E-state index in [0.717, 1.165) is 5.56 Å². The van der Waals surface area contributed by atoms with Gasteiger partial charge in [-0.15, -0.1) is 11.8 Å². The van der Waals surface area contributed by atoms with Gasteiger partial charge in [-0.05, 0) is 30.5 Å². The summed E-state index contributed by atoms with van der Waals surface area (Å²) in [6.45, 7) is 7.27. The SMILES string of the molecule is CC(C)[C@@H](C)NC(=O)CSCc1cc(Cl)c2c(c1)OCCO2. The number of halogens is 1. The average Bonchev–Trinajstić information content (AvgIpc) is 2.47. The van der Waals surface area contributed by atoms with Gasteiger partial charge in [-0.25, -0.2) is 0 Å². The molecular weight excluding hydrogens is 322 g/mol. The number of ether oxygens (including phenoxy) is 2. The largest absolute Gasteiger partial charge is 0.486 e. The first-order valence-electron chi connectivity index (χ1n) is 7.42. The van der Waals surface area contributed by atoms with Gasteiger partial charge >= 0.3 is 0 Å². The minimum atomic E-state index is 0.0647. The van der Waals surface area contributed by atoms with E-state index >= 15 is 0 Å². The monoisotopic (exact) mass is 343 g/mol. The lowest BCUT2D eigenvalue weighted by atomic mass is 10.1. The lowest BCUT2D eigenvalue weighted by Gasteiger charge is -2.20. The van der Waals surface area contributed by atoms with Crippen LogP contribution in [-0.2, 0) is 10.5 Å². The second-order valence-corrected chi connectivity index (χ2v) is 7.09. The molecule has 1 aliphatic heterocycles. The first-order chi connectivity index (χ1) is 10.5. The number of benzene rings is 1. The second-order valence-electron chi connectivity index (χ2n) is 5.69. The summed E-state index contributed by atoms with van der Waals surface area (Å²) in [5.41, 5.74) is 1.03. The number of nitrogens with one attached hydrogen (secondary N) is 1. The number of fused-ring (bicyclic) bond motifs is 1. The standard InChI is InChI=1S/C16H22ClNO3S/c1-10(2)11(3)18-15(19)9-22-8-12-6-13(17)16-14(7-12)20-4-5-21-16/h6-7,10-11H,4-5,8-9H2,1-3H3,(H,18,19)/t11-/m1/s1. The van der Waals surface area contributed by atoms with Crippen LogP contribution in [0.4, 0.5) is 0 Å². The normalized spacial score (nSPS) is 14.8. The Morgan fingerprint density at radius 2 is 2.05 bits per heavy atom. The van der Waals surface area contributed by atoms with Crippen LogP contribution < -0.4 is 14.8 Å². The van der Waals surface area contributed by atoms with E-state index in [9.17, 15) is 4.79 Å². The molecule has 1 aromatic rings. The van der Waals surface area contributed by atoms with Crippen molar-refractivity contribution in [3.05, 3.63) is 22.7 Å². The maximum absolute atomic E-state index is 11.8. The van der Waals surface area contributed by atoms with Gasteiger partial charge in [0.25, 0.3) is 0 Å². The molecule has 0 saturated carbocycles. The Bertz CT molecular complexity index is 536. The molecule has 1 N–H and O–H groups in total. The van der Waals surface area contributed by atoms with E-state index in [1.165, 1.54) is 0 Å². The number of hydrogen-bond donors (Lipinski definition) is 1. The number of amides is 1. The molecule has 0 fully saturated rings. The van der Waals surface area contributed by atoms with Gasteiger partial charge in [0.1, 0.15) is 13.2 Å². The molecule has 1 aliphatic rings. The summed E-state index contributed by atoms with van der Waals surface area (Å²) in [6.07, 6.45) is 0. The second kappa shape index (κ2) is 7.97. The third-order valence-corrected chi connectivity index (χ3v) is 4.83. The van der Waals surface area contributed by atoms with Crippen molar-refractivity contribution in [1.82, 2.24) is 5.32 Å². The van der Waals surface area contributed by atoms with Crippen molar-refractivity contribution in [2.24, 2.45) is 5.92 Å². The molecule has 0 radical (unpaired) electrons. The van der Waals surface area contributed by atoms with Crippen LogP contribution in [0, 0.1) is 5.92 Å². The smallest absolute Gasteiger partial charge is 0.230 e. The lowest BCUT2D eigenvalue weighted by Crippen LogP contribution is -2.37. The molecule has 122 valence electrons. The highest BCUT2D eigenvalue weighted by Gasteiger charge is 2.17. The van der Waals surface area contributed by atoms with E-state index in [-0.39, 0.29) is 11.9 Å². The molecule has 1 amide bonds. The van der Waals surface area contributed by atoms with Crippen molar-refractivity contribution >= 4 is 29.3 Å². The van der Waals surface area contributed by atoms with Crippen LogP contribution in [0.25, 0.3) is 0 Å². The van der Waals surface area contributed by atoms with Crippen LogP contribution in [0.3, 0.4) is 0 Å². The molecule has 1 aromatic carbocycles. The molecule has 0 aromatic heterocycles. The minimum Gasteiger partial charge on any atom is -0.486 e. The summed E-state index contributed by atoms with van der Waals surface area (Å²) < 4.78 is 11.0. The van der Waals surface area contributed by atoms with Crippen molar-refractivity contribution in [2.45, 2.75) is 32.6 Å². The molecule has 0 spiro atoms. The summed E-state index contributed by atoms with van der Waals surface area (Å²) in [6, 6.07) is 4.00. The first kappa shape index (κ1) is 17.3. The Balaban J connectivity index is 1.85. The fraction of sp³-hybridized carbons (Fsp3) is 0.562. The Labute approximate surface area is 140 Å². The van der Waals surface area contributed by atoms with Gasteiger partial charge in [0.2, 0.25) is 5.91 Å². The highest BCUT2D eigenvalue weighted by molar-refractivity contribution is 7.99. The fourth-order valence-corrected chi connectivity index (χ4v) is 3.03. The maximum Gasteiger partial charge on any atom is 0.230 e. The van der Waals surface area contributed by atoms with E-state index in [1.54, 1.807) is 11.8 Å². The van der Waals surface area contributed by atoms with Gasteiger partial charge in [0.05, 0.1) is 10.8 Å². The molecule has 1 atom stereocenters. The predicted octanol–water partition coefficient (Wildman–Crippen LogP) is 3.51. The molecule has 22 heavy (non-hydrogen) atoms. The van der Waals surface area contributed by atoms with E-state index in [4.69, 9.17) is 21.1 Å². The van der Waals surface area contributed by atoms with Crippen molar-refractivity contribution in [1.29, 1.82) is 0 Å². The molecule has 2 rings (SSSR count). The fourth-order valence-electron chi connectivity index (χ4n) is 1.97. The topological polar surface area (TPSA) is 47.6 Å².